The molecule has 0 saturated carbocycles. The normalized spacial score (nSPS) is 11.5. The molecule has 1 aromatic rings. The van der Waals surface area contributed by atoms with Gasteiger partial charge in [0.25, 0.3) is 0 Å². The highest BCUT2D eigenvalue weighted by molar-refractivity contribution is 9.08. The highest BCUT2D eigenvalue weighted by atomic mass is 79.9. The van der Waals surface area contributed by atoms with E-state index < -0.39 is 19.6 Å². The zero-order valence-electron chi connectivity index (χ0n) is 9.89. The lowest BCUT2D eigenvalue weighted by Crippen LogP contribution is -2.19. The number of halogens is 5. The predicted molar refractivity (Wildman–Crippen MR) is 68.1 cm³/mol. The van der Waals surface area contributed by atoms with E-state index in [1.807, 2.05) is 0 Å². The van der Waals surface area contributed by atoms with E-state index in [2.05, 4.69) is 20.7 Å². The molecule has 1 aromatic carbocycles. The van der Waals surface area contributed by atoms with Crippen molar-refractivity contribution < 1.29 is 27.4 Å². The van der Waals surface area contributed by atoms with Crippen molar-refractivity contribution in [2.75, 3.05) is 20.5 Å². The van der Waals surface area contributed by atoms with Crippen LogP contribution in [0.2, 0.25) is 5.02 Å². The van der Waals surface area contributed by atoms with E-state index in [4.69, 9.17) is 21.1 Å². The van der Waals surface area contributed by atoms with Crippen LogP contribution in [0.25, 0.3) is 0 Å². The van der Waals surface area contributed by atoms with Gasteiger partial charge in [-0.15, -0.1) is 0 Å². The Morgan fingerprint density at radius 2 is 2.00 bits per heavy atom. The van der Waals surface area contributed by atoms with Crippen LogP contribution in [0.15, 0.2) is 12.1 Å². The third-order valence-electron chi connectivity index (χ3n) is 2.01. The van der Waals surface area contributed by atoms with Crippen LogP contribution in [-0.2, 0) is 10.1 Å². The van der Waals surface area contributed by atoms with Gasteiger partial charge in [0.05, 0.1) is 7.11 Å². The summed E-state index contributed by atoms with van der Waals surface area (Å²) in [6.07, 6.45) is -4.38. The molecule has 3 nitrogen and oxygen atoms in total. The Morgan fingerprint density at radius 1 is 1.32 bits per heavy atom. The number of rotatable bonds is 6. The standard InChI is InChI=1S/C11H11BrClF3O3/c1-17-9-3-8(13)2-7(4-12)10(9)19-6-18-5-11(14,15)16/h2-3H,4-6H2,1H3. The van der Waals surface area contributed by atoms with Crippen molar-refractivity contribution in [3.05, 3.63) is 22.7 Å². The van der Waals surface area contributed by atoms with Gasteiger partial charge in [-0.2, -0.15) is 13.2 Å². The summed E-state index contributed by atoms with van der Waals surface area (Å²) >= 11 is 9.10. The topological polar surface area (TPSA) is 27.7 Å². The van der Waals surface area contributed by atoms with Gasteiger partial charge in [-0.3, -0.25) is 0 Å². The number of methoxy groups -OCH3 is 1. The minimum absolute atomic E-state index is 0.297. The van der Waals surface area contributed by atoms with E-state index in [0.717, 1.165) is 0 Å². The zero-order chi connectivity index (χ0) is 14.5. The highest BCUT2D eigenvalue weighted by Gasteiger charge is 2.27. The summed E-state index contributed by atoms with van der Waals surface area (Å²) in [5.74, 6) is 0.628. The third-order valence-corrected chi connectivity index (χ3v) is 2.84. The number of benzene rings is 1. The Kier molecular flexibility index (Phi) is 6.22. The Bertz CT molecular complexity index is 401. The van der Waals surface area contributed by atoms with Gasteiger partial charge in [-0.1, -0.05) is 27.5 Å². The number of ether oxygens (including phenoxy) is 3. The Balaban J connectivity index is 2.71. The van der Waals surface area contributed by atoms with Crippen LogP contribution < -0.4 is 9.47 Å². The quantitative estimate of drug-likeness (QED) is 0.431. The lowest BCUT2D eigenvalue weighted by molar-refractivity contribution is -0.186. The summed E-state index contributed by atoms with van der Waals surface area (Å²) in [5.41, 5.74) is 0.653. The van der Waals surface area contributed by atoms with Crippen molar-refractivity contribution in [2.45, 2.75) is 11.5 Å². The van der Waals surface area contributed by atoms with Gasteiger partial charge in [-0.05, 0) is 6.07 Å². The monoisotopic (exact) mass is 362 g/mol. The van der Waals surface area contributed by atoms with Crippen LogP contribution >= 0.6 is 27.5 Å². The summed E-state index contributed by atoms with van der Waals surface area (Å²) in [6, 6.07) is 3.13. The summed E-state index contributed by atoms with van der Waals surface area (Å²) in [4.78, 5) is 0. The molecule has 0 fully saturated rings. The molecular formula is C11H11BrClF3O3. The summed E-state index contributed by atoms with van der Waals surface area (Å²) in [6.45, 7) is -1.90. The van der Waals surface area contributed by atoms with Gasteiger partial charge >= 0.3 is 6.18 Å². The van der Waals surface area contributed by atoms with Crippen LogP contribution in [0, 0.1) is 0 Å². The molecule has 108 valence electrons. The SMILES string of the molecule is COc1cc(Cl)cc(CBr)c1OCOCC(F)(F)F. The lowest BCUT2D eigenvalue weighted by Gasteiger charge is -2.15. The largest absolute Gasteiger partial charge is 0.493 e. The molecule has 0 saturated heterocycles. The maximum Gasteiger partial charge on any atom is 0.411 e. The molecular weight excluding hydrogens is 352 g/mol. The first-order chi connectivity index (χ1) is 8.87. The molecule has 0 spiro atoms. The Labute approximate surface area is 121 Å². The third kappa shape index (κ3) is 5.46. The smallest absolute Gasteiger partial charge is 0.411 e. The van der Waals surface area contributed by atoms with Gasteiger partial charge in [0.1, 0.15) is 6.61 Å². The van der Waals surface area contributed by atoms with E-state index in [9.17, 15) is 13.2 Å². The summed E-state index contributed by atoms with van der Waals surface area (Å²) in [7, 11) is 1.41. The fourth-order valence-electron chi connectivity index (χ4n) is 1.30. The molecule has 0 aliphatic rings. The molecule has 19 heavy (non-hydrogen) atoms. The van der Waals surface area contributed by atoms with E-state index in [1.54, 1.807) is 6.07 Å². The molecule has 0 N–H and O–H groups in total. The summed E-state index contributed by atoms with van der Waals surface area (Å²) < 4.78 is 50.3. The van der Waals surface area contributed by atoms with Gasteiger partial charge < -0.3 is 14.2 Å². The van der Waals surface area contributed by atoms with E-state index in [0.29, 0.717) is 27.4 Å². The number of alkyl halides is 4. The molecule has 0 bridgehead atoms. The average molecular weight is 364 g/mol. The van der Waals surface area contributed by atoms with E-state index in [1.165, 1.54) is 13.2 Å². The maximum absolute atomic E-state index is 11.9. The second kappa shape index (κ2) is 7.21. The molecule has 0 unspecified atom stereocenters. The van der Waals surface area contributed by atoms with Crippen molar-refractivity contribution in [2.24, 2.45) is 0 Å². The second-order valence-corrected chi connectivity index (χ2v) is 4.45. The molecule has 0 aliphatic heterocycles. The Hall–Kier alpha value is -0.660. The van der Waals surface area contributed by atoms with Crippen molar-refractivity contribution in [1.29, 1.82) is 0 Å². The first kappa shape index (κ1) is 16.4. The van der Waals surface area contributed by atoms with Crippen molar-refractivity contribution in [1.82, 2.24) is 0 Å². The zero-order valence-corrected chi connectivity index (χ0v) is 12.2. The molecule has 0 aliphatic carbocycles. The molecule has 0 heterocycles. The van der Waals surface area contributed by atoms with Crippen molar-refractivity contribution in [3.8, 4) is 11.5 Å². The molecule has 0 amide bonds. The van der Waals surface area contributed by atoms with Gasteiger partial charge in [-0.25, -0.2) is 0 Å². The van der Waals surface area contributed by atoms with E-state index in [-0.39, 0.29) is 0 Å². The minimum atomic E-state index is -4.38. The minimum Gasteiger partial charge on any atom is -0.493 e. The number of hydrogen-bond acceptors (Lipinski definition) is 3. The van der Waals surface area contributed by atoms with Crippen LogP contribution in [0.3, 0.4) is 0 Å². The van der Waals surface area contributed by atoms with Crippen LogP contribution in [0.5, 0.6) is 11.5 Å². The molecule has 0 atom stereocenters. The molecule has 8 heteroatoms. The second-order valence-electron chi connectivity index (χ2n) is 3.46. The van der Waals surface area contributed by atoms with Gasteiger partial charge in [0.15, 0.2) is 18.3 Å². The van der Waals surface area contributed by atoms with Gasteiger partial charge in [0.2, 0.25) is 0 Å². The van der Waals surface area contributed by atoms with Crippen molar-refractivity contribution in [3.63, 3.8) is 0 Å². The predicted octanol–water partition coefficient (Wildman–Crippen LogP) is 4.16. The maximum atomic E-state index is 11.9. The van der Waals surface area contributed by atoms with Crippen LogP contribution in [0.1, 0.15) is 5.56 Å². The van der Waals surface area contributed by atoms with Crippen molar-refractivity contribution >= 4 is 27.5 Å². The van der Waals surface area contributed by atoms with Gasteiger partial charge in [0, 0.05) is 22.0 Å². The van der Waals surface area contributed by atoms with E-state index >= 15 is 0 Å². The first-order valence-corrected chi connectivity index (χ1v) is 6.57. The average Bonchev–Trinajstić information content (AvgIpc) is 2.33. The van der Waals surface area contributed by atoms with Crippen LogP contribution in [-0.4, -0.2) is 26.7 Å². The highest BCUT2D eigenvalue weighted by Crippen LogP contribution is 2.35. The fraction of sp³-hybridized carbons (Fsp3) is 0.455. The molecule has 1 rings (SSSR count). The molecule has 0 aromatic heterocycles. The first-order valence-electron chi connectivity index (χ1n) is 5.07. The lowest BCUT2D eigenvalue weighted by atomic mass is 10.2. The number of hydrogen-bond donors (Lipinski definition) is 0. The fourth-order valence-corrected chi connectivity index (χ4v) is 1.94. The Morgan fingerprint density at radius 3 is 2.53 bits per heavy atom. The van der Waals surface area contributed by atoms with Crippen LogP contribution in [0.4, 0.5) is 13.2 Å². The summed E-state index contributed by atoms with van der Waals surface area (Å²) in [5, 5.41) is 0.855. The molecule has 0 radical (unpaired) electrons.